The lowest BCUT2D eigenvalue weighted by molar-refractivity contribution is -0.137. The summed E-state index contributed by atoms with van der Waals surface area (Å²) in [6.45, 7) is 0.271. The highest BCUT2D eigenvalue weighted by Gasteiger charge is 2.29. The number of hydrazone groups is 1. The number of ether oxygens (including phenoxy) is 1. The van der Waals surface area contributed by atoms with Crippen molar-refractivity contribution in [1.29, 1.82) is 0 Å². The number of hydrogen-bond acceptors (Lipinski definition) is 4. The Labute approximate surface area is 104 Å². The Morgan fingerprint density at radius 1 is 1.39 bits per heavy atom. The van der Waals surface area contributed by atoms with E-state index < -0.39 is 6.03 Å². The van der Waals surface area contributed by atoms with Gasteiger partial charge in [0.05, 0.1) is 12.1 Å². The van der Waals surface area contributed by atoms with Crippen molar-refractivity contribution < 1.29 is 14.3 Å². The first kappa shape index (κ1) is 12.1. The molecule has 1 unspecified atom stereocenters. The minimum absolute atomic E-state index is 0.160. The Morgan fingerprint density at radius 3 is 2.67 bits per heavy atom. The van der Waals surface area contributed by atoms with Gasteiger partial charge in [-0.05, 0) is 5.56 Å². The molecule has 1 aromatic rings. The number of benzene rings is 1. The molecule has 1 atom stereocenters. The van der Waals surface area contributed by atoms with Gasteiger partial charge in [-0.25, -0.2) is 10.2 Å². The van der Waals surface area contributed by atoms with Crippen molar-refractivity contribution in [3.8, 4) is 0 Å². The average Bonchev–Trinajstić information content (AvgIpc) is 2.77. The van der Waals surface area contributed by atoms with E-state index in [0.717, 1.165) is 5.56 Å². The molecule has 0 bridgehead atoms. The smallest absolute Gasteiger partial charge is 0.332 e. The highest BCUT2D eigenvalue weighted by molar-refractivity contribution is 6.04. The van der Waals surface area contributed by atoms with Crippen LogP contribution < -0.4 is 11.2 Å². The van der Waals surface area contributed by atoms with Crippen molar-refractivity contribution >= 4 is 17.7 Å². The predicted molar refractivity (Wildman–Crippen MR) is 64.8 cm³/mol. The maximum atomic E-state index is 11.1. The minimum atomic E-state index is -0.742. The molecular weight excluding hydrogens is 234 g/mol. The van der Waals surface area contributed by atoms with E-state index in [-0.39, 0.29) is 24.9 Å². The number of primary amides is 1. The second-order valence-electron chi connectivity index (χ2n) is 3.92. The Bertz CT molecular complexity index is 485. The van der Waals surface area contributed by atoms with Gasteiger partial charge < -0.3 is 10.5 Å². The molecule has 2 rings (SSSR count). The second kappa shape index (κ2) is 5.31. The maximum absolute atomic E-state index is 11.1. The molecule has 1 fully saturated rings. The van der Waals surface area contributed by atoms with Gasteiger partial charge >= 0.3 is 12.0 Å². The van der Waals surface area contributed by atoms with E-state index in [1.165, 1.54) is 0 Å². The first-order chi connectivity index (χ1) is 8.66. The molecule has 0 aromatic heterocycles. The lowest BCUT2D eigenvalue weighted by Crippen LogP contribution is -2.28. The van der Waals surface area contributed by atoms with Gasteiger partial charge in [-0.15, -0.1) is 0 Å². The highest BCUT2D eigenvalue weighted by atomic mass is 16.5. The number of cyclic esters (lactones) is 1. The number of nitrogens with zero attached hydrogens (tertiary/aromatic N) is 1. The Morgan fingerprint density at radius 2 is 2.11 bits per heavy atom. The van der Waals surface area contributed by atoms with Crippen LogP contribution >= 0.6 is 0 Å². The van der Waals surface area contributed by atoms with Gasteiger partial charge in [0.1, 0.15) is 6.61 Å². The largest absolute Gasteiger partial charge is 0.465 e. The van der Waals surface area contributed by atoms with Crippen LogP contribution in [0, 0.1) is 5.92 Å². The Kier molecular flexibility index (Phi) is 3.57. The molecule has 18 heavy (non-hydrogen) atoms. The molecule has 0 radical (unpaired) electrons. The van der Waals surface area contributed by atoms with E-state index in [4.69, 9.17) is 10.5 Å². The standard InChI is InChI=1S/C12H13N3O3/c13-12(17)15-14-11(8-4-2-1-3-5-8)9-6-10(16)18-7-9/h1-5,9H,6-7H2,(H3,13,15,17). The molecule has 0 aliphatic carbocycles. The molecule has 1 aliphatic rings. The zero-order valence-corrected chi connectivity index (χ0v) is 9.63. The van der Waals surface area contributed by atoms with Crippen molar-refractivity contribution in [2.24, 2.45) is 16.8 Å². The fraction of sp³-hybridized carbons (Fsp3) is 0.250. The summed E-state index contributed by atoms with van der Waals surface area (Å²) < 4.78 is 4.91. The normalized spacial score (nSPS) is 19.4. The van der Waals surface area contributed by atoms with Crippen LogP contribution in [0.25, 0.3) is 0 Å². The number of carbonyl (C=O) groups is 2. The quantitative estimate of drug-likeness (QED) is 0.466. The third-order valence-corrected chi connectivity index (χ3v) is 2.60. The molecule has 0 saturated carbocycles. The molecule has 1 aromatic carbocycles. The van der Waals surface area contributed by atoms with Crippen LogP contribution in [-0.4, -0.2) is 24.3 Å². The molecule has 0 spiro atoms. The molecule has 94 valence electrons. The number of amides is 2. The molecule has 6 heteroatoms. The number of nitrogens with one attached hydrogen (secondary N) is 1. The van der Waals surface area contributed by atoms with Crippen LogP contribution in [0.3, 0.4) is 0 Å². The van der Waals surface area contributed by atoms with E-state index in [9.17, 15) is 9.59 Å². The van der Waals surface area contributed by atoms with Crippen LogP contribution in [0.2, 0.25) is 0 Å². The lowest BCUT2D eigenvalue weighted by atomic mass is 9.96. The van der Waals surface area contributed by atoms with Crippen LogP contribution in [0.5, 0.6) is 0 Å². The number of carbonyl (C=O) groups excluding carboxylic acids is 2. The topological polar surface area (TPSA) is 93.8 Å². The van der Waals surface area contributed by atoms with E-state index in [0.29, 0.717) is 5.71 Å². The summed E-state index contributed by atoms with van der Waals surface area (Å²) in [5, 5.41) is 3.97. The summed E-state index contributed by atoms with van der Waals surface area (Å²) in [6.07, 6.45) is 0.258. The summed E-state index contributed by atoms with van der Waals surface area (Å²) in [7, 11) is 0. The van der Waals surface area contributed by atoms with Crippen molar-refractivity contribution in [2.45, 2.75) is 6.42 Å². The summed E-state index contributed by atoms with van der Waals surface area (Å²) in [4.78, 5) is 21.9. The monoisotopic (exact) mass is 247 g/mol. The SMILES string of the molecule is NC(=O)NN=C(c1ccccc1)C1COC(=O)C1. The number of urea groups is 1. The van der Waals surface area contributed by atoms with Crippen LogP contribution in [0.1, 0.15) is 12.0 Å². The Balaban J connectivity index is 2.26. The van der Waals surface area contributed by atoms with Crippen molar-refractivity contribution in [3.63, 3.8) is 0 Å². The van der Waals surface area contributed by atoms with E-state index in [1.54, 1.807) is 0 Å². The van der Waals surface area contributed by atoms with Gasteiger partial charge in [-0.3, -0.25) is 4.79 Å². The molecule has 1 aliphatic heterocycles. The zero-order valence-electron chi connectivity index (χ0n) is 9.63. The summed E-state index contributed by atoms with van der Waals surface area (Å²) in [5.74, 6) is -0.422. The van der Waals surface area contributed by atoms with Gasteiger partial charge in [0.15, 0.2) is 0 Å². The molecule has 1 heterocycles. The molecule has 1 saturated heterocycles. The third-order valence-electron chi connectivity index (χ3n) is 2.60. The number of esters is 1. The summed E-state index contributed by atoms with van der Waals surface area (Å²) in [5.41, 5.74) is 8.61. The van der Waals surface area contributed by atoms with E-state index in [1.807, 2.05) is 30.3 Å². The maximum Gasteiger partial charge on any atom is 0.332 e. The van der Waals surface area contributed by atoms with Crippen LogP contribution in [-0.2, 0) is 9.53 Å². The van der Waals surface area contributed by atoms with Gasteiger partial charge in [0.2, 0.25) is 0 Å². The summed E-state index contributed by atoms with van der Waals surface area (Å²) in [6, 6.07) is 8.54. The number of rotatable bonds is 3. The Hall–Kier alpha value is -2.37. The lowest BCUT2D eigenvalue weighted by Gasteiger charge is -2.10. The first-order valence-corrected chi connectivity index (χ1v) is 5.51. The molecular formula is C12H13N3O3. The zero-order chi connectivity index (χ0) is 13.0. The fourth-order valence-electron chi connectivity index (χ4n) is 1.80. The van der Waals surface area contributed by atoms with Gasteiger partial charge in [-0.2, -0.15) is 5.10 Å². The highest BCUT2D eigenvalue weighted by Crippen LogP contribution is 2.20. The fourth-order valence-corrected chi connectivity index (χ4v) is 1.80. The van der Waals surface area contributed by atoms with Gasteiger partial charge in [0.25, 0.3) is 0 Å². The van der Waals surface area contributed by atoms with Gasteiger partial charge in [0, 0.05) is 5.92 Å². The van der Waals surface area contributed by atoms with Crippen molar-refractivity contribution in [3.05, 3.63) is 35.9 Å². The molecule has 2 amide bonds. The van der Waals surface area contributed by atoms with Gasteiger partial charge in [-0.1, -0.05) is 30.3 Å². The molecule has 6 nitrogen and oxygen atoms in total. The third kappa shape index (κ3) is 2.85. The van der Waals surface area contributed by atoms with Crippen LogP contribution in [0.4, 0.5) is 4.79 Å². The second-order valence-corrected chi connectivity index (χ2v) is 3.92. The van der Waals surface area contributed by atoms with Crippen molar-refractivity contribution in [1.82, 2.24) is 5.43 Å². The van der Waals surface area contributed by atoms with Crippen LogP contribution in [0.15, 0.2) is 35.4 Å². The number of nitrogens with two attached hydrogens (primary N) is 1. The van der Waals surface area contributed by atoms with E-state index in [2.05, 4.69) is 10.5 Å². The first-order valence-electron chi connectivity index (χ1n) is 5.51. The van der Waals surface area contributed by atoms with Crippen molar-refractivity contribution in [2.75, 3.05) is 6.61 Å². The molecule has 3 N–H and O–H groups in total. The van der Waals surface area contributed by atoms with E-state index >= 15 is 0 Å². The number of hydrogen-bond donors (Lipinski definition) is 2. The average molecular weight is 247 g/mol. The minimum Gasteiger partial charge on any atom is -0.465 e. The summed E-state index contributed by atoms with van der Waals surface area (Å²) >= 11 is 0. The predicted octanol–water partition coefficient (Wildman–Crippen LogP) is 0.622.